The fourth-order valence-corrected chi connectivity index (χ4v) is 3.08. The van der Waals surface area contributed by atoms with Gasteiger partial charge in [-0.25, -0.2) is 4.79 Å². The van der Waals surface area contributed by atoms with Gasteiger partial charge in [-0.1, -0.05) is 6.07 Å². The molecule has 0 aliphatic heterocycles. The second-order valence-electron chi connectivity index (χ2n) is 4.36. The second-order valence-corrected chi connectivity index (χ2v) is 6.73. The number of hydrogen-bond acceptors (Lipinski definition) is 3. The summed E-state index contributed by atoms with van der Waals surface area (Å²) in [6.45, 7) is 3.73. The molecule has 2 rings (SSSR count). The molecule has 0 atom stereocenters. The van der Waals surface area contributed by atoms with Crippen LogP contribution in [-0.2, 0) is 0 Å². The summed E-state index contributed by atoms with van der Waals surface area (Å²) in [5, 5.41) is 11.7. The molecule has 2 aromatic rings. The number of thiophene rings is 1. The van der Waals surface area contributed by atoms with Gasteiger partial charge in [0.2, 0.25) is 0 Å². The molecule has 20 heavy (non-hydrogen) atoms. The maximum Gasteiger partial charge on any atom is 0.335 e. The molecular weight excluding hydrogens is 342 g/mol. The van der Waals surface area contributed by atoms with E-state index in [1.165, 1.54) is 23.5 Å². The third-order valence-corrected chi connectivity index (χ3v) is 4.95. The number of carboxylic acids is 1. The van der Waals surface area contributed by atoms with E-state index in [4.69, 9.17) is 5.11 Å². The molecule has 0 unspecified atom stereocenters. The zero-order valence-corrected chi connectivity index (χ0v) is 13.3. The van der Waals surface area contributed by atoms with E-state index in [2.05, 4.69) is 21.2 Å². The molecule has 1 aromatic heterocycles. The van der Waals surface area contributed by atoms with Crippen LogP contribution in [0.3, 0.4) is 0 Å². The van der Waals surface area contributed by atoms with Crippen molar-refractivity contribution in [2.45, 2.75) is 13.8 Å². The Bertz CT molecular complexity index is 674. The molecule has 1 amide bonds. The van der Waals surface area contributed by atoms with Crippen molar-refractivity contribution in [2.75, 3.05) is 5.32 Å². The van der Waals surface area contributed by atoms with E-state index >= 15 is 0 Å². The van der Waals surface area contributed by atoms with Crippen LogP contribution in [0.4, 0.5) is 5.69 Å². The summed E-state index contributed by atoms with van der Waals surface area (Å²) >= 11 is 4.72. The van der Waals surface area contributed by atoms with Gasteiger partial charge in [0.1, 0.15) is 0 Å². The highest BCUT2D eigenvalue weighted by atomic mass is 79.9. The topological polar surface area (TPSA) is 66.4 Å². The van der Waals surface area contributed by atoms with Gasteiger partial charge >= 0.3 is 5.97 Å². The minimum Gasteiger partial charge on any atom is -0.478 e. The summed E-state index contributed by atoms with van der Waals surface area (Å²) in [4.78, 5) is 23.7. The van der Waals surface area contributed by atoms with Gasteiger partial charge < -0.3 is 10.4 Å². The minimum atomic E-state index is -1.02. The van der Waals surface area contributed by atoms with E-state index in [0.29, 0.717) is 10.6 Å². The van der Waals surface area contributed by atoms with Crippen LogP contribution >= 0.6 is 27.3 Å². The normalized spacial score (nSPS) is 10.3. The first-order valence-electron chi connectivity index (χ1n) is 5.79. The fourth-order valence-electron chi connectivity index (χ4n) is 1.65. The van der Waals surface area contributed by atoms with Crippen LogP contribution in [0.2, 0.25) is 0 Å². The summed E-state index contributed by atoms with van der Waals surface area (Å²) in [6, 6.07) is 6.44. The number of aromatic carboxylic acids is 1. The predicted octanol–water partition coefficient (Wildman–Crippen LogP) is 4.08. The number of carbonyl (C=O) groups is 2. The van der Waals surface area contributed by atoms with Crippen LogP contribution in [0.1, 0.15) is 31.2 Å². The van der Waals surface area contributed by atoms with E-state index in [1.807, 2.05) is 13.8 Å². The zero-order valence-electron chi connectivity index (χ0n) is 10.9. The highest BCUT2D eigenvalue weighted by molar-refractivity contribution is 9.11. The van der Waals surface area contributed by atoms with Crippen molar-refractivity contribution in [3.05, 3.63) is 49.6 Å². The minimum absolute atomic E-state index is 0.148. The van der Waals surface area contributed by atoms with Crippen LogP contribution in [0.5, 0.6) is 0 Å². The number of hydrogen-bond donors (Lipinski definition) is 2. The Morgan fingerprint density at radius 3 is 2.45 bits per heavy atom. The van der Waals surface area contributed by atoms with Gasteiger partial charge in [0, 0.05) is 5.69 Å². The molecule has 0 saturated heterocycles. The Labute approximate surface area is 128 Å². The Kier molecular flexibility index (Phi) is 4.25. The number of anilines is 1. The molecule has 0 spiro atoms. The molecule has 1 aromatic carbocycles. The number of rotatable bonds is 3. The lowest BCUT2D eigenvalue weighted by Crippen LogP contribution is -2.12. The number of carboxylic acid groups (broad SMARTS) is 1. The van der Waals surface area contributed by atoms with Gasteiger partial charge in [0.25, 0.3) is 5.91 Å². The number of aryl methyl sites for hydroxylation is 2. The molecule has 0 aliphatic carbocycles. The van der Waals surface area contributed by atoms with Crippen molar-refractivity contribution < 1.29 is 14.7 Å². The van der Waals surface area contributed by atoms with Crippen molar-refractivity contribution in [1.29, 1.82) is 0 Å². The summed E-state index contributed by atoms with van der Waals surface area (Å²) in [5.74, 6) is -1.26. The largest absolute Gasteiger partial charge is 0.478 e. The summed E-state index contributed by atoms with van der Waals surface area (Å²) in [5.41, 5.74) is 2.47. The predicted molar refractivity (Wildman–Crippen MR) is 82.8 cm³/mol. The Morgan fingerprint density at radius 1 is 1.20 bits per heavy atom. The van der Waals surface area contributed by atoms with E-state index in [-0.39, 0.29) is 11.5 Å². The van der Waals surface area contributed by atoms with Crippen LogP contribution in [0.25, 0.3) is 0 Å². The first kappa shape index (κ1) is 14.7. The number of amides is 1. The lowest BCUT2D eigenvalue weighted by atomic mass is 10.1. The lowest BCUT2D eigenvalue weighted by Gasteiger charge is -2.08. The third-order valence-electron chi connectivity index (χ3n) is 2.81. The lowest BCUT2D eigenvalue weighted by molar-refractivity contribution is 0.0696. The molecule has 1 heterocycles. The molecule has 0 radical (unpaired) electrons. The van der Waals surface area contributed by atoms with Crippen molar-refractivity contribution in [1.82, 2.24) is 0 Å². The first-order chi connectivity index (χ1) is 9.38. The quantitative estimate of drug-likeness (QED) is 0.873. The van der Waals surface area contributed by atoms with Gasteiger partial charge in [0.05, 0.1) is 14.2 Å². The molecule has 0 bridgehead atoms. The van der Waals surface area contributed by atoms with Crippen LogP contribution in [-0.4, -0.2) is 17.0 Å². The SMILES string of the molecule is Cc1ccc(C(=O)O)cc1NC(=O)c1cc(C)c(Br)s1. The van der Waals surface area contributed by atoms with E-state index in [1.54, 1.807) is 12.1 Å². The molecule has 104 valence electrons. The van der Waals surface area contributed by atoms with Gasteiger partial charge in [-0.05, 0) is 59.1 Å². The molecule has 2 N–H and O–H groups in total. The smallest absolute Gasteiger partial charge is 0.335 e. The van der Waals surface area contributed by atoms with Crippen LogP contribution in [0.15, 0.2) is 28.1 Å². The molecule has 0 fully saturated rings. The van der Waals surface area contributed by atoms with Gasteiger partial charge in [-0.3, -0.25) is 4.79 Å². The van der Waals surface area contributed by atoms with Crippen molar-refractivity contribution in [2.24, 2.45) is 0 Å². The third kappa shape index (κ3) is 3.08. The van der Waals surface area contributed by atoms with E-state index in [9.17, 15) is 9.59 Å². The second kappa shape index (κ2) is 5.76. The highest BCUT2D eigenvalue weighted by Gasteiger charge is 2.13. The molecule has 6 heteroatoms. The van der Waals surface area contributed by atoms with Crippen LogP contribution < -0.4 is 5.32 Å². The number of halogens is 1. The van der Waals surface area contributed by atoms with E-state index < -0.39 is 5.97 Å². The van der Waals surface area contributed by atoms with Gasteiger partial charge in [-0.15, -0.1) is 11.3 Å². The molecule has 0 saturated carbocycles. The number of carbonyl (C=O) groups excluding carboxylic acids is 1. The van der Waals surface area contributed by atoms with Crippen LogP contribution in [0, 0.1) is 13.8 Å². The summed E-state index contributed by atoms with van der Waals surface area (Å²) < 4.78 is 0.915. The maximum atomic E-state index is 12.1. The first-order valence-corrected chi connectivity index (χ1v) is 7.40. The molecular formula is C14H12BrNO3S. The van der Waals surface area contributed by atoms with Gasteiger partial charge in [-0.2, -0.15) is 0 Å². The summed E-state index contributed by atoms with van der Waals surface area (Å²) in [7, 11) is 0. The average molecular weight is 354 g/mol. The monoisotopic (exact) mass is 353 g/mol. The van der Waals surface area contributed by atoms with Crippen molar-refractivity contribution in [3.8, 4) is 0 Å². The summed E-state index contributed by atoms with van der Waals surface area (Å²) in [6.07, 6.45) is 0. The number of benzene rings is 1. The Morgan fingerprint density at radius 2 is 1.90 bits per heavy atom. The number of nitrogens with one attached hydrogen (secondary N) is 1. The molecule has 4 nitrogen and oxygen atoms in total. The standard InChI is InChI=1S/C14H12BrNO3S/c1-7-3-4-9(14(18)19)6-10(7)16-13(17)11-5-8(2)12(15)20-11/h3-6H,1-2H3,(H,16,17)(H,18,19). The zero-order chi connectivity index (χ0) is 14.9. The van der Waals surface area contributed by atoms with Crippen molar-refractivity contribution in [3.63, 3.8) is 0 Å². The highest BCUT2D eigenvalue weighted by Crippen LogP contribution is 2.28. The Balaban J connectivity index is 2.27. The average Bonchev–Trinajstić information content (AvgIpc) is 2.72. The van der Waals surface area contributed by atoms with Crippen molar-refractivity contribution >= 4 is 44.8 Å². The maximum absolute atomic E-state index is 12.1. The Hall–Kier alpha value is -1.66. The van der Waals surface area contributed by atoms with Gasteiger partial charge in [0.15, 0.2) is 0 Å². The molecule has 0 aliphatic rings. The van der Waals surface area contributed by atoms with E-state index in [0.717, 1.165) is 14.9 Å². The fraction of sp³-hybridized carbons (Fsp3) is 0.143.